The van der Waals surface area contributed by atoms with Gasteiger partial charge in [0, 0.05) is 33.4 Å². The maximum absolute atomic E-state index is 13.0. The van der Waals surface area contributed by atoms with Crippen LogP contribution in [-0.4, -0.2) is 14.4 Å². The lowest BCUT2D eigenvalue weighted by atomic mass is 10.1. The Balaban J connectivity index is 0.00000289. The highest BCUT2D eigenvalue weighted by Gasteiger charge is 2.23. The molecule has 4 rings (SSSR count). The van der Waals surface area contributed by atoms with E-state index in [1.54, 1.807) is 47.0 Å². The fourth-order valence-corrected chi connectivity index (χ4v) is 5.22. The minimum Gasteiger partial charge on any atom is -0.338 e. The van der Waals surface area contributed by atoms with Gasteiger partial charge in [-0.1, -0.05) is 44.2 Å². The van der Waals surface area contributed by atoms with Gasteiger partial charge in [-0.15, -0.1) is 12.4 Å². The molecule has 2 aromatic carbocycles. The molecule has 1 atom stereocenters. The number of pyridine rings is 2. The lowest BCUT2D eigenvalue weighted by Gasteiger charge is -2.15. The number of hydrogen-bond acceptors (Lipinski definition) is 3. The van der Waals surface area contributed by atoms with Crippen molar-refractivity contribution in [2.45, 2.75) is 33.2 Å². The van der Waals surface area contributed by atoms with Gasteiger partial charge >= 0.3 is 0 Å². The summed E-state index contributed by atoms with van der Waals surface area (Å²) in [6.07, 6.45) is 1.59. The van der Waals surface area contributed by atoms with Crippen molar-refractivity contribution in [3.8, 4) is 0 Å². The number of aryl methyl sites for hydroxylation is 2. The Labute approximate surface area is 193 Å². The Kier molecular flexibility index (Phi) is 7.35. The van der Waals surface area contributed by atoms with Gasteiger partial charge in [0.25, 0.3) is 12.9 Å². The number of hydrogen-bond donors (Lipinski definition) is 1. The maximum atomic E-state index is 13.0. The molecule has 0 aliphatic heterocycles. The topological polar surface area (TPSA) is 72.2 Å². The Hall–Kier alpha value is -2.72. The monoisotopic (exact) mass is 468 g/mol. The molecule has 166 valence electrons. The molecule has 0 saturated heterocycles. The Bertz CT molecular complexity index is 1340. The molecule has 1 unspecified atom stereocenters. The molecule has 0 amide bonds. The first-order valence-corrected chi connectivity index (χ1v) is 12.1. The number of fused-ring (bicyclic) bond motifs is 1. The van der Waals surface area contributed by atoms with E-state index >= 15 is 0 Å². The van der Waals surface area contributed by atoms with Crippen molar-refractivity contribution in [2.24, 2.45) is 0 Å². The van der Waals surface area contributed by atoms with Crippen LogP contribution in [0, 0.1) is 0 Å². The standard InChI is InChI=1S/C25H25N2O3P.ClH/c1-3-19-16-24-22(23(4-2)26-19)14-15-25(28)27(24)17-18-10-12-21(13-11-18)31(29,30)20-8-6-5-7-9-20;/h5-16H,3-4,17H2,1-2H3,(H,29,30);1H. The van der Waals surface area contributed by atoms with Gasteiger partial charge in [-0.3, -0.25) is 14.3 Å². The first-order valence-electron chi connectivity index (χ1n) is 10.4. The van der Waals surface area contributed by atoms with E-state index in [0.717, 1.165) is 40.7 Å². The maximum Gasteiger partial charge on any atom is 0.258 e. The predicted molar refractivity (Wildman–Crippen MR) is 133 cm³/mol. The van der Waals surface area contributed by atoms with E-state index in [2.05, 4.69) is 13.8 Å². The lowest BCUT2D eigenvalue weighted by molar-refractivity contribution is 0.501. The molecule has 1 N–H and O–H groups in total. The van der Waals surface area contributed by atoms with E-state index in [4.69, 9.17) is 4.98 Å². The van der Waals surface area contributed by atoms with Crippen LogP contribution in [0.1, 0.15) is 30.8 Å². The van der Waals surface area contributed by atoms with Crippen LogP contribution < -0.4 is 16.2 Å². The van der Waals surface area contributed by atoms with E-state index in [9.17, 15) is 14.3 Å². The summed E-state index contributed by atoms with van der Waals surface area (Å²) in [4.78, 5) is 28.0. The second-order valence-electron chi connectivity index (χ2n) is 7.54. The molecule has 2 heterocycles. The Morgan fingerprint density at radius 1 is 0.906 bits per heavy atom. The van der Waals surface area contributed by atoms with E-state index in [1.165, 1.54) is 0 Å². The summed E-state index contributed by atoms with van der Waals surface area (Å²) in [6.45, 7) is 4.50. The van der Waals surface area contributed by atoms with Gasteiger partial charge in [-0.25, -0.2) is 0 Å². The molecule has 0 aliphatic carbocycles. The highest BCUT2D eigenvalue weighted by atomic mass is 35.5. The SMILES string of the molecule is CCc1cc2c(ccc(=O)n2Cc2ccc(P(=O)(O)c3ccccc3)cc2)c(CC)n1.Cl. The zero-order valence-electron chi connectivity index (χ0n) is 18.1. The summed E-state index contributed by atoms with van der Waals surface area (Å²) in [6, 6.07) is 21.1. The summed E-state index contributed by atoms with van der Waals surface area (Å²) < 4.78 is 14.7. The largest absolute Gasteiger partial charge is 0.338 e. The molecule has 7 heteroatoms. The Morgan fingerprint density at radius 3 is 2.19 bits per heavy atom. The van der Waals surface area contributed by atoms with Crippen molar-refractivity contribution in [1.82, 2.24) is 9.55 Å². The second kappa shape index (κ2) is 9.83. The van der Waals surface area contributed by atoms with Crippen molar-refractivity contribution in [3.63, 3.8) is 0 Å². The average Bonchev–Trinajstić information content (AvgIpc) is 2.81. The molecule has 0 spiro atoms. The number of halogens is 1. The van der Waals surface area contributed by atoms with Crippen LogP contribution in [0.25, 0.3) is 10.9 Å². The van der Waals surface area contributed by atoms with Crippen LogP contribution in [0.2, 0.25) is 0 Å². The van der Waals surface area contributed by atoms with Crippen molar-refractivity contribution in [2.75, 3.05) is 0 Å². The quantitative estimate of drug-likeness (QED) is 0.430. The molecular formula is C25H26ClN2O3P. The Morgan fingerprint density at radius 2 is 1.56 bits per heavy atom. The van der Waals surface area contributed by atoms with E-state index in [1.807, 2.05) is 30.3 Å². The first-order chi connectivity index (χ1) is 14.9. The van der Waals surface area contributed by atoms with Crippen LogP contribution >= 0.6 is 19.8 Å². The molecular weight excluding hydrogens is 443 g/mol. The first kappa shape index (κ1) is 23.9. The van der Waals surface area contributed by atoms with Gasteiger partial charge in [0.1, 0.15) is 0 Å². The number of benzene rings is 2. The summed E-state index contributed by atoms with van der Waals surface area (Å²) in [7, 11) is -3.65. The van der Waals surface area contributed by atoms with E-state index < -0.39 is 7.37 Å². The van der Waals surface area contributed by atoms with Gasteiger partial charge in [0.2, 0.25) is 0 Å². The molecule has 0 saturated carbocycles. The van der Waals surface area contributed by atoms with Gasteiger partial charge in [-0.05, 0) is 54.8 Å². The zero-order chi connectivity index (χ0) is 22.0. The summed E-state index contributed by atoms with van der Waals surface area (Å²) in [5.74, 6) is 0. The lowest BCUT2D eigenvalue weighted by Crippen LogP contribution is -2.21. The predicted octanol–water partition coefficient (Wildman–Crippen LogP) is 4.21. The minimum atomic E-state index is -3.65. The smallest absolute Gasteiger partial charge is 0.258 e. The number of aromatic nitrogens is 2. The third-order valence-corrected chi connectivity index (χ3v) is 7.54. The zero-order valence-corrected chi connectivity index (χ0v) is 19.8. The molecule has 0 fully saturated rings. The fourth-order valence-electron chi connectivity index (χ4n) is 3.80. The summed E-state index contributed by atoms with van der Waals surface area (Å²) in [5, 5.41) is 1.76. The molecule has 2 aromatic heterocycles. The van der Waals surface area contributed by atoms with Crippen LogP contribution in [0.4, 0.5) is 0 Å². The molecule has 0 radical (unpaired) electrons. The van der Waals surface area contributed by atoms with Gasteiger partial charge in [0.05, 0.1) is 12.1 Å². The number of nitrogens with zero attached hydrogens (tertiary/aromatic N) is 2. The van der Waals surface area contributed by atoms with Gasteiger partial charge in [-0.2, -0.15) is 0 Å². The molecule has 0 aliphatic rings. The minimum absolute atomic E-state index is 0. The highest BCUT2D eigenvalue weighted by molar-refractivity contribution is 7.73. The van der Waals surface area contributed by atoms with Crippen molar-refractivity contribution < 1.29 is 9.46 Å². The van der Waals surface area contributed by atoms with Crippen LogP contribution in [0.3, 0.4) is 0 Å². The summed E-state index contributed by atoms with van der Waals surface area (Å²) in [5.41, 5.74) is 3.63. The third-order valence-electron chi connectivity index (χ3n) is 5.55. The van der Waals surface area contributed by atoms with Gasteiger partial charge < -0.3 is 9.46 Å². The molecule has 5 nitrogen and oxygen atoms in total. The van der Waals surface area contributed by atoms with Crippen LogP contribution in [0.15, 0.2) is 77.6 Å². The average molecular weight is 469 g/mol. The molecule has 4 aromatic rings. The van der Waals surface area contributed by atoms with Crippen LogP contribution in [0.5, 0.6) is 0 Å². The summed E-state index contributed by atoms with van der Waals surface area (Å²) >= 11 is 0. The van der Waals surface area contributed by atoms with Crippen molar-refractivity contribution in [3.05, 3.63) is 100 Å². The van der Waals surface area contributed by atoms with Crippen molar-refractivity contribution >= 4 is 41.3 Å². The highest BCUT2D eigenvalue weighted by Crippen LogP contribution is 2.37. The third kappa shape index (κ3) is 4.56. The fraction of sp³-hybridized carbons (Fsp3) is 0.200. The van der Waals surface area contributed by atoms with Crippen molar-refractivity contribution in [1.29, 1.82) is 0 Å². The number of rotatable bonds is 6. The second-order valence-corrected chi connectivity index (χ2v) is 9.72. The van der Waals surface area contributed by atoms with E-state index in [0.29, 0.717) is 17.2 Å². The van der Waals surface area contributed by atoms with Crippen LogP contribution in [-0.2, 0) is 24.0 Å². The normalized spacial score (nSPS) is 12.8. The molecule has 0 bridgehead atoms. The van der Waals surface area contributed by atoms with E-state index in [-0.39, 0.29) is 18.0 Å². The van der Waals surface area contributed by atoms with Gasteiger partial charge in [0.15, 0.2) is 0 Å². The molecule has 32 heavy (non-hydrogen) atoms.